The third-order valence-corrected chi connectivity index (χ3v) is 8.48. The highest BCUT2D eigenvalue weighted by Gasteiger charge is 2.56. The SMILES string of the molecule is CC.CN(C)CC1CC1(F)F.COc1nc2c(c(N3CCCCCC3C)n1)CN(C(=O)c1cc(O)cc3cccc(C)c13)C2. The Labute approximate surface area is 260 Å². The number of methoxy groups -OCH3 is 1. The van der Waals surface area contributed by atoms with Gasteiger partial charge in [0.15, 0.2) is 0 Å². The lowest BCUT2D eigenvalue weighted by molar-refractivity contribution is 0.0751. The van der Waals surface area contributed by atoms with Gasteiger partial charge in [-0.15, -0.1) is 0 Å². The van der Waals surface area contributed by atoms with Gasteiger partial charge in [-0.1, -0.05) is 44.9 Å². The number of halogens is 2. The Balaban J connectivity index is 0.000000343. The van der Waals surface area contributed by atoms with E-state index in [4.69, 9.17) is 9.72 Å². The summed E-state index contributed by atoms with van der Waals surface area (Å²) >= 11 is 0. The van der Waals surface area contributed by atoms with E-state index < -0.39 is 5.92 Å². The molecular formula is C34H47F2N5O3. The molecule has 240 valence electrons. The standard InChI is InChI=1S/C26H30N4O3.C6H11F2N.C2H6/c1-16-8-7-10-18-12-19(31)13-20(23(16)18)25(32)29-14-21-22(15-29)27-26(33-3)28-24(21)30-11-6-4-5-9-17(30)2;1-9(2)4-5-3-6(5,7)8;1-2/h7-8,10,12-13,17,31H,4-6,9,11,14-15H2,1-3H3;5H,3-4H2,1-2H3;1-2H3. The minimum Gasteiger partial charge on any atom is -0.508 e. The molecule has 0 spiro atoms. The van der Waals surface area contributed by atoms with E-state index in [2.05, 4.69) is 16.8 Å². The van der Waals surface area contributed by atoms with Crippen molar-refractivity contribution in [3.8, 4) is 11.8 Å². The Morgan fingerprint density at radius 2 is 1.86 bits per heavy atom. The maximum absolute atomic E-state index is 13.7. The molecule has 2 unspecified atom stereocenters. The third kappa shape index (κ3) is 7.39. The summed E-state index contributed by atoms with van der Waals surface area (Å²) in [7, 11) is 5.21. The lowest BCUT2D eigenvalue weighted by atomic mass is 9.98. The largest absolute Gasteiger partial charge is 0.508 e. The minimum absolute atomic E-state index is 0.0885. The summed E-state index contributed by atoms with van der Waals surface area (Å²) in [5, 5.41) is 12.0. The van der Waals surface area contributed by atoms with Crippen LogP contribution in [-0.4, -0.2) is 77.0 Å². The number of hydrogen-bond acceptors (Lipinski definition) is 7. The third-order valence-electron chi connectivity index (χ3n) is 8.48. The van der Waals surface area contributed by atoms with Gasteiger partial charge in [-0.25, -0.2) is 8.78 Å². The molecule has 1 saturated carbocycles. The second-order valence-electron chi connectivity index (χ2n) is 12.1. The van der Waals surface area contributed by atoms with Crippen LogP contribution >= 0.6 is 0 Å². The molecule has 0 bridgehead atoms. The average Bonchev–Trinajstić information content (AvgIpc) is 3.44. The second kappa shape index (κ2) is 14.1. The highest BCUT2D eigenvalue weighted by molar-refractivity contribution is 6.09. The van der Waals surface area contributed by atoms with Gasteiger partial charge in [-0.05, 0) is 69.3 Å². The summed E-state index contributed by atoms with van der Waals surface area (Å²) < 4.78 is 29.7. The monoisotopic (exact) mass is 611 g/mol. The lowest BCUT2D eigenvalue weighted by Crippen LogP contribution is -2.34. The maximum Gasteiger partial charge on any atom is 0.318 e. The number of amides is 1. The van der Waals surface area contributed by atoms with Crippen LogP contribution in [0.25, 0.3) is 10.8 Å². The van der Waals surface area contributed by atoms with Crippen molar-refractivity contribution in [1.82, 2.24) is 19.8 Å². The Morgan fingerprint density at radius 1 is 1.14 bits per heavy atom. The predicted molar refractivity (Wildman–Crippen MR) is 171 cm³/mol. The Morgan fingerprint density at radius 3 is 2.50 bits per heavy atom. The maximum atomic E-state index is 13.7. The summed E-state index contributed by atoms with van der Waals surface area (Å²) in [5.74, 6) is -1.85. The predicted octanol–water partition coefficient (Wildman–Crippen LogP) is 6.81. The number of nitrogens with zero attached hydrogens (tertiary/aromatic N) is 5. The zero-order chi connectivity index (χ0) is 32.2. The van der Waals surface area contributed by atoms with Crippen LogP contribution in [0.4, 0.5) is 14.6 Å². The number of aryl methyl sites for hydroxylation is 1. The number of ether oxygens (including phenoxy) is 1. The topological polar surface area (TPSA) is 82.0 Å². The first-order valence-electron chi connectivity index (χ1n) is 15.7. The molecule has 6 rings (SSSR count). The molecule has 1 N–H and O–H groups in total. The summed E-state index contributed by atoms with van der Waals surface area (Å²) in [6.07, 6.45) is 4.78. The van der Waals surface area contributed by atoms with Gasteiger partial charge in [-0.2, -0.15) is 9.97 Å². The zero-order valence-corrected chi connectivity index (χ0v) is 27.2. The number of aromatic hydroxyl groups is 1. The summed E-state index contributed by atoms with van der Waals surface area (Å²) in [6.45, 7) is 10.5. The first-order chi connectivity index (χ1) is 21.0. The number of hydrogen-bond donors (Lipinski definition) is 1. The molecule has 44 heavy (non-hydrogen) atoms. The fraction of sp³-hybridized carbons (Fsp3) is 0.559. The van der Waals surface area contributed by atoms with Crippen LogP contribution in [0.5, 0.6) is 11.8 Å². The number of rotatable bonds is 5. The van der Waals surface area contributed by atoms with E-state index >= 15 is 0 Å². The van der Waals surface area contributed by atoms with E-state index in [1.165, 1.54) is 12.8 Å². The number of carbonyl (C=O) groups excluding carboxylic acids is 1. The van der Waals surface area contributed by atoms with Crippen LogP contribution in [0.1, 0.15) is 80.1 Å². The van der Waals surface area contributed by atoms with E-state index in [1.54, 1.807) is 29.0 Å². The molecule has 1 aromatic heterocycles. The smallest absolute Gasteiger partial charge is 0.318 e. The average molecular weight is 612 g/mol. The van der Waals surface area contributed by atoms with Gasteiger partial charge >= 0.3 is 6.01 Å². The highest BCUT2D eigenvalue weighted by atomic mass is 19.3. The summed E-state index contributed by atoms with van der Waals surface area (Å²) in [6, 6.07) is 9.84. The van der Waals surface area contributed by atoms with Gasteiger partial charge in [0.25, 0.3) is 11.8 Å². The van der Waals surface area contributed by atoms with E-state index in [1.807, 2.05) is 53.1 Å². The van der Waals surface area contributed by atoms with Crippen molar-refractivity contribution in [2.75, 3.05) is 39.2 Å². The first kappa shape index (κ1) is 33.4. The molecule has 1 saturated heterocycles. The number of aromatic nitrogens is 2. The fourth-order valence-corrected chi connectivity index (χ4v) is 6.12. The van der Waals surface area contributed by atoms with Crippen molar-refractivity contribution in [3.05, 3.63) is 52.7 Å². The van der Waals surface area contributed by atoms with E-state index in [9.17, 15) is 18.7 Å². The molecule has 3 aromatic rings. The van der Waals surface area contributed by atoms with Crippen molar-refractivity contribution < 1.29 is 23.4 Å². The van der Waals surface area contributed by atoms with Gasteiger partial charge in [0.2, 0.25) is 0 Å². The Kier molecular flexibility index (Phi) is 10.7. The van der Waals surface area contributed by atoms with E-state index in [0.29, 0.717) is 37.3 Å². The van der Waals surface area contributed by atoms with Crippen molar-refractivity contribution in [3.63, 3.8) is 0 Å². The molecule has 2 aliphatic heterocycles. The quantitative estimate of drug-likeness (QED) is 0.340. The van der Waals surface area contributed by atoms with Gasteiger partial charge in [0.05, 0.1) is 31.5 Å². The molecule has 2 aromatic carbocycles. The zero-order valence-electron chi connectivity index (χ0n) is 27.2. The van der Waals surface area contributed by atoms with E-state index in [0.717, 1.165) is 52.8 Å². The number of fused-ring (bicyclic) bond motifs is 2. The van der Waals surface area contributed by atoms with Crippen LogP contribution in [-0.2, 0) is 13.1 Å². The molecule has 2 fully saturated rings. The van der Waals surface area contributed by atoms with Gasteiger partial charge in [0, 0.05) is 37.0 Å². The first-order valence-corrected chi connectivity index (χ1v) is 15.7. The molecule has 1 amide bonds. The molecular weight excluding hydrogens is 564 g/mol. The second-order valence-corrected chi connectivity index (χ2v) is 12.1. The number of phenolic OH excluding ortho intramolecular Hbond substituents is 1. The normalized spacial score (nSPS) is 20.2. The number of carbonyl (C=O) groups is 1. The fourth-order valence-electron chi connectivity index (χ4n) is 6.12. The lowest BCUT2D eigenvalue weighted by Gasteiger charge is -2.30. The molecule has 3 aliphatic rings. The molecule has 1 aliphatic carbocycles. The number of anilines is 1. The summed E-state index contributed by atoms with van der Waals surface area (Å²) in [5.41, 5.74) is 3.36. The van der Waals surface area contributed by atoms with Gasteiger partial charge in [0.1, 0.15) is 11.6 Å². The minimum atomic E-state index is -2.34. The Hall–Kier alpha value is -3.53. The van der Waals surface area contributed by atoms with Gasteiger partial charge < -0.3 is 24.5 Å². The van der Waals surface area contributed by atoms with Crippen LogP contribution in [0, 0.1) is 12.8 Å². The van der Waals surface area contributed by atoms with Crippen LogP contribution in [0.3, 0.4) is 0 Å². The van der Waals surface area contributed by atoms with Crippen molar-refractivity contribution >= 4 is 22.5 Å². The van der Waals surface area contributed by atoms with Crippen LogP contribution in [0.2, 0.25) is 0 Å². The molecule has 3 heterocycles. The Bertz CT molecular complexity index is 1460. The van der Waals surface area contributed by atoms with Crippen molar-refractivity contribution in [2.24, 2.45) is 5.92 Å². The molecule has 10 heteroatoms. The molecule has 8 nitrogen and oxygen atoms in total. The van der Waals surface area contributed by atoms with Crippen molar-refractivity contribution in [1.29, 1.82) is 0 Å². The molecule has 2 atom stereocenters. The van der Waals surface area contributed by atoms with Gasteiger partial charge in [-0.3, -0.25) is 4.79 Å². The van der Waals surface area contributed by atoms with Crippen LogP contribution < -0.4 is 9.64 Å². The number of alkyl halides is 2. The summed E-state index contributed by atoms with van der Waals surface area (Å²) in [4.78, 5) is 29.0. The molecule has 0 radical (unpaired) electrons. The van der Waals surface area contributed by atoms with E-state index in [-0.39, 0.29) is 24.0 Å². The number of benzene rings is 2. The van der Waals surface area contributed by atoms with Crippen LogP contribution in [0.15, 0.2) is 30.3 Å². The highest BCUT2D eigenvalue weighted by Crippen LogP contribution is 2.48. The van der Waals surface area contributed by atoms with Crippen molar-refractivity contribution in [2.45, 2.75) is 84.9 Å². The number of phenols is 1.